The van der Waals surface area contributed by atoms with E-state index in [-0.39, 0.29) is 11.7 Å². The molecule has 1 amide bonds. The molecular weight excluding hydrogens is 325 g/mol. The first-order valence-electron chi connectivity index (χ1n) is 6.15. The van der Waals surface area contributed by atoms with Gasteiger partial charge in [-0.15, -0.1) is 0 Å². The number of hydrogen-bond donors (Lipinski definition) is 0. The third-order valence-electron chi connectivity index (χ3n) is 3.10. The highest BCUT2D eigenvalue weighted by molar-refractivity contribution is 9.10. The van der Waals surface area contributed by atoms with Gasteiger partial charge in [-0.25, -0.2) is 4.39 Å². The van der Waals surface area contributed by atoms with Crippen molar-refractivity contribution in [3.05, 3.63) is 58.3 Å². The summed E-state index contributed by atoms with van der Waals surface area (Å²) in [5.41, 5.74) is 1.03. The lowest BCUT2D eigenvalue weighted by molar-refractivity contribution is 0.0976. The molecule has 2 aromatic rings. The van der Waals surface area contributed by atoms with Gasteiger partial charge in [0.1, 0.15) is 18.2 Å². The number of carbonyl (C=O) groups excluding carboxylic acids is 1. The van der Waals surface area contributed by atoms with E-state index in [1.807, 2.05) is 6.07 Å². The van der Waals surface area contributed by atoms with Crippen molar-refractivity contribution < 1.29 is 13.9 Å². The second-order valence-electron chi connectivity index (χ2n) is 4.43. The second kappa shape index (κ2) is 5.25. The molecule has 1 aliphatic heterocycles. The Bertz CT molecular complexity index is 675. The summed E-state index contributed by atoms with van der Waals surface area (Å²) >= 11 is 3.34. The highest BCUT2D eigenvalue weighted by Crippen LogP contribution is 2.33. The molecule has 1 heterocycles. The minimum atomic E-state index is -0.388. The Hall–Kier alpha value is -1.88. The molecule has 0 bridgehead atoms. The maximum Gasteiger partial charge on any atom is 0.258 e. The SMILES string of the molecule is O=C(c1cccc(Br)c1)N1CCOc2ccc(F)cc21. The van der Waals surface area contributed by atoms with E-state index in [1.165, 1.54) is 12.1 Å². The summed E-state index contributed by atoms with van der Waals surface area (Å²) < 4.78 is 19.7. The van der Waals surface area contributed by atoms with Crippen molar-refractivity contribution in [1.29, 1.82) is 0 Å². The summed E-state index contributed by atoms with van der Waals surface area (Å²) in [4.78, 5) is 14.1. The molecule has 0 saturated heterocycles. The molecule has 0 aliphatic carbocycles. The standard InChI is InChI=1S/C15H11BrFNO2/c16-11-3-1-2-10(8-11)15(19)18-6-7-20-14-5-4-12(17)9-13(14)18/h1-5,8-9H,6-7H2. The summed E-state index contributed by atoms with van der Waals surface area (Å²) in [6.45, 7) is 0.806. The third-order valence-corrected chi connectivity index (χ3v) is 3.59. The largest absolute Gasteiger partial charge is 0.490 e. The first kappa shape index (κ1) is 13.1. The van der Waals surface area contributed by atoms with Gasteiger partial charge in [-0.1, -0.05) is 22.0 Å². The molecule has 20 heavy (non-hydrogen) atoms. The molecule has 0 N–H and O–H groups in total. The number of anilines is 1. The predicted octanol–water partition coefficient (Wildman–Crippen LogP) is 3.63. The lowest BCUT2D eigenvalue weighted by Gasteiger charge is -2.29. The monoisotopic (exact) mass is 335 g/mol. The number of rotatable bonds is 1. The van der Waals surface area contributed by atoms with Crippen molar-refractivity contribution in [2.75, 3.05) is 18.1 Å². The van der Waals surface area contributed by atoms with Crippen LogP contribution in [0.2, 0.25) is 0 Å². The lowest BCUT2D eigenvalue weighted by Crippen LogP contribution is -2.38. The molecule has 3 nitrogen and oxygen atoms in total. The van der Waals surface area contributed by atoms with Crippen LogP contribution in [-0.4, -0.2) is 19.1 Å². The van der Waals surface area contributed by atoms with Gasteiger partial charge in [0.05, 0.1) is 12.2 Å². The fourth-order valence-corrected chi connectivity index (χ4v) is 2.58. The highest BCUT2D eigenvalue weighted by atomic mass is 79.9. The van der Waals surface area contributed by atoms with Crippen LogP contribution < -0.4 is 9.64 Å². The second-order valence-corrected chi connectivity index (χ2v) is 5.34. The average Bonchev–Trinajstić information content (AvgIpc) is 2.46. The van der Waals surface area contributed by atoms with Crippen LogP contribution in [0.4, 0.5) is 10.1 Å². The minimum Gasteiger partial charge on any atom is -0.490 e. The Morgan fingerprint density at radius 2 is 2.10 bits per heavy atom. The number of hydrogen-bond acceptors (Lipinski definition) is 2. The zero-order valence-electron chi connectivity index (χ0n) is 10.5. The Morgan fingerprint density at radius 1 is 1.25 bits per heavy atom. The van der Waals surface area contributed by atoms with Gasteiger partial charge >= 0.3 is 0 Å². The van der Waals surface area contributed by atoms with Crippen molar-refractivity contribution in [1.82, 2.24) is 0 Å². The average molecular weight is 336 g/mol. The highest BCUT2D eigenvalue weighted by Gasteiger charge is 2.25. The zero-order chi connectivity index (χ0) is 14.1. The number of amides is 1. The van der Waals surface area contributed by atoms with Crippen molar-refractivity contribution in [3.8, 4) is 5.75 Å². The number of nitrogens with zero attached hydrogens (tertiary/aromatic N) is 1. The third kappa shape index (κ3) is 2.41. The molecule has 0 aromatic heterocycles. The molecule has 0 unspecified atom stereocenters. The molecule has 0 atom stereocenters. The molecule has 0 radical (unpaired) electrons. The smallest absolute Gasteiger partial charge is 0.258 e. The van der Waals surface area contributed by atoms with E-state index in [0.29, 0.717) is 30.2 Å². The Kier molecular flexibility index (Phi) is 3.44. The van der Waals surface area contributed by atoms with Gasteiger partial charge in [-0.3, -0.25) is 4.79 Å². The van der Waals surface area contributed by atoms with Crippen LogP contribution in [0.5, 0.6) is 5.75 Å². The van der Waals surface area contributed by atoms with Crippen molar-refractivity contribution in [3.63, 3.8) is 0 Å². The van der Waals surface area contributed by atoms with E-state index in [9.17, 15) is 9.18 Å². The maximum atomic E-state index is 13.4. The number of halogens is 2. The summed E-state index contributed by atoms with van der Waals surface area (Å²) in [6, 6.07) is 11.3. The molecule has 0 spiro atoms. The number of carbonyl (C=O) groups is 1. The van der Waals surface area contributed by atoms with Crippen LogP contribution in [0.25, 0.3) is 0 Å². The minimum absolute atomic E-state index is 0.165. The van der Waals surface area contributed by atoms with Gasteiger partial charge in [-0.05, 0) is 30.3 Å². The normalized spacial score (nSPS) is 13.6. The first-order chi connectivity index (χ1) is 9.65. The molecular formula is C15H11BrFNO2. The van der Waals surface area contributed by atoms with Crippen LogP contribution in [-0.2, 0) is 0 Å². The van der Waals surface area contributed by atoms with Crippen LogP contribution in [0, 0.1) is 5.82 Å². The molecule has 102 valence electrons. The molecule has 2 aromatic carbocycles. The van der Waals surface area contributed by atoms with Gasteiger partial charge in [0.25, 0.3) is 5.91 Å². The molecule has 0 saturated carbocycles. The first-order valence-corrected chi connectivity index (χ1v) is 6.94. The Labute approximate surface area is 124 Å². The topological polar surface area (TPSA) is 29.5 Å². The number of fused-ring (bicyclic) bond motifs is 1. The summed E-state index contributed by atoms with van der Waals surface area (Å²) in [5, 5.41) is 0. The maximum absolute atomic E-state index is 13.4. The van der Waals surface area contributed by atoms with Crippen molar-refractivity contribution in [2.45, 2.75) is 0 Å². The van der Waals surface area contributed by atoms with Gasteiger partial charge < -0.3 is 9.64 Å². The molecule has 5 heteroatoms. The van der Waals surface area contributed by atoms with E-state index in [1.54, 1.807) is 29.2 Å². The number of ether oxygens (including phenoxy) is 1. The zero-order valence-corrected chi connectivity index (χ0v) is 12.1. The predicted molar refractivity (Wildman–Crippen MR) is 77.7 cm³/mol. The van der Waals surface area contributed by atoms with Crippen LogP contribution >= 0.6 is 15.9 Å². The van der Waals surface area contributed by atoms with E-state index in [2.05, 4.69) is 15.9 Å². The van der Waals surface area contributed by atoms with Crippen molar-refractivity contribution >= 4 is 27.5 Å². The van der Waals surface area contributed by atoms with E-state index >= 15 is 0 Å². The van der Waals surface area contributed by atoms with Crippen molar-refractivity contribution in [2.24, 2.45) is 0 Å². The van der Waals surface area contributed by atoms with Crippen LogP contribution in [0.15, 0.2) is 46.9 Å². The summed E-state index contributed by atoms with van der Waals surface area (Å²) in [7, 11) is 0. The summed E-state index contributed by atoms with van der Waals surface area (Å²) in [5.74, 6) is -0.0243. The molecule has 1 aliphatic rings. The number of benzene rings is 2. The van der Waals surface area contributed by atoms with Gasteiger partial charge in [0.15, 0.2) is 0 Å². The van der Waals surface area contributed by atoms with Gasteiger partial charge in [0.2, 0.25) is 0 Å². The summed E-state index contributed by atoms with van der Waals surface area (Å²) in [6.07, 6.45) is 0. The quantitative estimate of drug-likeness (QED) is 0.796. The molecule has 0 fully saturated rings. The van der Waals surface area contributed by atoms with E-state index in [0.717, 1.165) is 4.47 Å². The fraction of sp³-hybridized carbons (Fsp3) is 0.133. The van der Waals surface area contributed by atoms with Gasteiger partial charge in [0, 0.05) is 16.1 Å². The van der Waals surface area contributed by atoms with E-state index < -0.39 is 0 Å². The van der Waals surface area contributed by atoms with Gasteiger partial charge in [-0.2, -0.15) is 0 Å². The Balaban J connectivity index is 2.00. The van der Waals surface area contributed by atoms with Crippen LogP contribution in [0.3, 0.4) is 0 Å². The van der Waals surface area contributed by atoms with E-state index in [4.69, 9.17) is 4.74 Å². The Morgan fingerprint density at radius 3 is 2.90 bits per heavy atom. The lowest BCUT2D eigenvalue weighted by atomic mass is 10.1. The molecule has 3 rings (SSSR count). The fourth-order valence-electron chi connectivity index (χ4n) is 2.18. The van der Waals surface area contributed by atoms with Crippen LogP contribution in [0.1, 0.15) is 10.4 Å².